The van der Waals surface area contributed by atoms with Gasteiger partial charge in [-0.05, 0) is 42.3 Å². The van der Waals surface area contributed by atoms with Crippen LogP contribution in [0.3, 0.4) is 0 Å². The van der Waals surface area contributed by atoms with Gasteiger partial charge < -0.3 is 39.7 Å². The van der Waals surface area contributed by atoms with Gasteiger partial charge in [0.05, 0.1) is 18.3 Å². The minimum atomic E-state index is -1.69. The summed E-state index contributed by atoms with van der Waals surface area (Å²) in [5.74, 6) is -2.49. The average molecular weight is 565 g/mol. The van der Waals surface area contributed by atoms with E-state index in [1.54, 1.807) is 24.3 Å². The Morgan fingerprint density at radius 1 is 0.902 bits per heavy atom. The number of benzene rings is 3. The van der Waals surface area contributed by atoms with Crippen molar-refractivity contribution in [2.24, 2.45) is 0 Å². The predicted octanol–water partition coefficient (Wildman–Crippen LogP) is 1.38. The molecule has 11 nitrogen and oxygen atoms in total. The molecule has 1 heterocycles. The summed E-state index contributed by atoms with van der Waals surface area (Å²) in [6, 6.07) is 12.1. The Hall–Kier alpha value is -4.13. The number of phenols is 1. The first-order chi connectivity index (χ1) is 19.5. The number of hydrogen-bond donors (Lipinski definition) is 5. The zero-order valence-corrected chi connectivity index (χ0v) is 22.1. The molecule has 2 aliphatic rings. The topological polar surface area (TPSA) is 180 Å². The van der Waals surface area contributed by atoms with Crippen LogP contribution < -0.4 is 9.47 Å². The third-order valence-electron chi connectivity index (χ3n) is 7.18. The first-order valence-corrected chi connectivity index (χ1v) is 12.9. The standard InChI is InChI=1S/C30H28O11/c1-13-24(33)28(37)29(38)30(39-13)41-22-11-21-23(27(36)20(22)9-15-4-3-5-16(8-15)12-31)26(35)18-7-6-17(40-14(2)32)10-19(18)25(21)34/h3-8,10-11,13,24,28-31,33,36-38H,9,12H2,1-2H3. The molecule has 0 saturated carbocycles. The molecular weight excluding hydrogens is 536 g/mol. The van der Waals surface area contributed by atoms with Crippen LogP contribution in [0.1, 0.15) is 62.4 Å². The Morgan fingerprint density at radius 3 is 2.34 bits per heavy atom. The largest absolute Gasteiger partial charge is 0.507 e. The number of aromatic hydroxyl groups is 1. The summed E-state index contributed by atoms with van der Waals surface area (Å²) in [6.07, 6.45) is -7.11. The number of phenolic OH excluding ortho intramolecular Hbond substituents is 1. The molecule has 214 valence electrons. The quantitative estimate of drug-likeness (QED) is 0.169. The Morgan fingerprint density at radius 2 is 1.63 bits per heavy atom. The summed E-state index contributed by atoms with van der Waals surface area (Å²) in [7, 11) is 0. The number of ether oxygens (including phenoxy) is 3. The minimum Gasteiger partial charge on any atom is -0.507 e. The molecule has 0 aromatic heterocycles. The monoisotopic (exact) mass is 564 g/mol. The summed E-state index contributed by atoms with van der Waals surface area (Å²) in [5, 5.41) is 51.9. The summed E-state index contributed by atoms with van der Waals surface area (Å²) < 4.78 is 16.6. The van der Waals surface area contributed by atoms with Gasteiger partial charge in [-0.2, -0.15) is 0 Å². The smallest absolute Gasteiger partial charge is 0.308 e. The number of fused-ring (bicyclic) bond motifs is 2. The molecule has 11 heteroatoms. The number of carbonyl (C=O) groups is 3. The normalized spacial score (nSPS) is 23.5. The second kappa shape index (κ2) is 11.0. The van der Waals surface area contributed by atoms with E-state index in [-0.39, 0.29) is 52.3 Å². The molecule has 0 amide bonds. The van der Waals surface area contributed by atoms with E-state index in [4.69, 9.17) is 14.2 Å². The molecule has 1 saturated heterocycles. The van der Waals surface area contributed by atoms with Gasteiger partial charge in [-0.3, -0.25) is 14.4 Å². The first-order valence-electron chi connectivity index (χ1n) is 12.9. The lowest BCUT2D eigenvalue weighted by molar-refractivity contribution is -0.268. The Labute approximate surface area is 234 Å². The summed E-state index contributed by atoms with van der Waals surface area (Å²) in [4.78, 5) is 38.6. The van der Waals surface area contributed by atoms with Crippen molar-refractivity contribution in [3.63, 3.8) is 0 Å². The van der Waals surface area contributed by atoms with E-state index < -0.39 is 54.0 Å². The highest BCUT2D eigenvalue weighted by atomic mass is 16.7. The number of carbonyl (C=O) groups excluding carboxylic acids is 3. The van der Waals surface area contributed by atoms with Crippen LogP contribution in [-0.4, -0.2) is 73.8 Å². The Bertz CT molecular complexity index is 1550. The maximum absolute atomic E-state index is 13.6. The number of hydrogen-bond acceptors (Lipinski definition) is 11. The second-order valence-corrected chi connectivity index (χ2v) is 10.0. The van der Waals surface area contributed by atoms with Gasteiger partial charge in [0.2, 0.25) is 6.29 Å². The molecule has 1 aliphatic heterocycles. The van der Waals surface area contributed by atoms with Gasteiger partial charge >= 0.3 is 5.97 Å². The zero-order chi connectivity index (χ0) is 29.6. The molecule has 5 rings (SSSR count). The molecule has 5 atom stereocenters. The van der Waals surface area contributed by atoms with Crippen molar-refractivity contribution in [3.05, 3.63) is 87.5 Å². The fourth-order valence-electron chi connectivity index (χ4n) is 5.07. The molecule has 1 fully saturated rings. The Kier molecular flexibility index (Phi) is 7.64. The van der Waals surface area contributed by atoms with Crippen molar-refractivity contribution >= 4 is 17.5 Å². The van der Waals surface area contributed by atoms with Crippen molar-refractivity contribution in [1.29, 1.82) is 0 Å². The van der Waals surface area contributed by atoms with Gasteiger partial charge in [0, 0.05) is 35.6 Å². The molecule has 0 spiro atoms. The first kappa shape index (κ1) is 28.4. The van der Waals surface area contributed by atoms with Crippen LogP contribution in [0.4, 0.5) is 0 Å². The van der Waals surface area contributed by atoms with Gasteiger partial charge in [0.1, 0.15) is 35.6 Å². The van der Waals surface area contributed by atoms with E-state index in [9.17, 15) is 39.9 Å². The van der Waals surface area contributed by atoms with Crippen LogP contribution in [-0.2, 0) is 22.6 Å². The molecule has 3 aromatic carbocycles. The van der Waals surface area contributed by atoms with Crippen LogP contribution >= 0.6 is 0 Å². The van der Waals surface area contributed by atoms with Crippen LogP contribution in [0.5, 0.6) is 17.2 Å². The van der Waals surface area contributed by atoms with E-state index in [1.807, 2.05) is 0 Å². The molecule has 5 N–H and O–H groups in total. The maximum atomic E-state index is 13.6. The van der Waals surface area contributed by atoms with Crippen LogP contribution in [0, 0.1) is 0 Å². The van der Waals surface area contributed by atoms with Crippen molar-refractivity contribution in [1.82, 2.24) is 0 Å². The third kappa shape index (κ3) is 5.21. The highest BCUT2D eigenvalue weighted by molar-refractivity contribution is 6.29. The Balaban J connectivity index is 1.63. The predicted molar refractivity (Wildman–Crippen MR) is 141 cm³/mol. The number of rotatable bonds is 6. The van der Waals surface area contributed by atoms with Crippen molar-refractivity contribution in [3.8, 4) is 17.2 Å². The fourth-order valence-corrected chi connectivity index (χ4v) is 5.07. The summed E-state index contributed by atoms with van der Waals surface area (Å²) >= 11 is 0. The SMILES string of the molecule is CC(=O)Oc1ccc2c(c1)C(=O)c1cc(OC3OC(C)C(O)C(O)C3O)c(Cc3cccc(CO)c3)c(O)c1C2=O. The lowest BCUT2D eigenvalue weighted by Gasteiger charge is -2.39. The van der Waals surface area contributed by atoms with E-state index in [0.717, 1.165) is 0 Å². The molecule has 1 aliphatic carbocycles. The summed E-state index contributed by atoms with van der Waals surface area (Å²) in [6.45, 7) is 2.44. The second-order valence-electron chi connectivity index (χ2n) is 10.0. The van der Waals surface area contributed by atoms with Gasteiger partial charge in [-0.1, -0.05) is 24.3 Å². The number of aliphatic hydroxyl groups excluding tert-OH is 4. The third-order valence-corrected chi connectivity index (χ3v) is 7.18. The molecular formula is C30H28O11. The lowest BCUT2D eigenvalue weighted by Crippen LogP contribution is -2.58. The molecule has 0 radical (unpaired) electrons. The highest BCUT2D eigenvalue weighted by Gasteiger charge is 2.44. The van der Waals surface area contributed by atoms with Crippen LogP contribution in [0.25, 0.3) is 0 Å². The number of ketones is 2. The molecule has 41 heavy (non-hydrogen) atoms. The van der Waals surface area contributed by atoms with E-state index >= 15 is 0 Å². The van der Waals surface area contributed by atoms with E-state index in [2.05, 4.69) is 0 Å². The lowest BCUT2D eigenvalue weighted by atomic mass is 9.81. The van der Waals surface area contributed by atoms with Crippen molar-refractivity contribution in [2.45, 2.75) is 57.6 Å². The zero-order valence-electron chi connectivity index (χ0n) is 22.1. The highest BCUT2D eigenvalue weighted by Crippen LogP contribution is 2.42. The summed E-state index contributed by atoms with van der Waals surface area (Å²) in [5.41, 5.74) is 0.835. The van der Waals surface area contributed by atoms with Gasteiger partial charge in [0.25, 0.3) is 0 Å². The van der Waals surface area contributed by atoms with Gasteiger partial charge in [-0.25, -0.2) is 0 Å². The van der Waals surface area contributed by atoms with Gasteiger partial charge in [0.15, 0.2) is 11.6 Å². The molecule has 3 aromatic rings. The minimum absolute atomic E-state index is 0.00701. The maximum Gasteiger partial charge on any atom is 0.308 e. The van der Waals surface area contributed by atoms with Crippen molar-refractivity contribution in [2.75, 3.05) is 0 Å². The fraction of sp³-hybridized carbons (Fsp3) is 0.300. The molecule has 5 unspecified atom stereocenters. The average Bonchev–Trinajstić information content (AvgIpc) is 2.94. The number of esters is 1. The molecule has 0 bridgehead atoms. The number of aliphatic hydroxyl groups is 4. The van der Waals surface area contributed by atoms with Crippen molar-refractivity contribution < 1.29 is 54.1 Å². The van der Waals surface area contributed by atoms with E-state index in [0.29, 0.717) is 11.1 Å². The van der Waals surface area contributed by atoms with E-state index in [1.165, 1.54) is 38.1 Å². The van der Waals surface area contributed by atoms with Crippen LogP contribution in [0.15, 0.2) is 48.5 Å². The van der Waals surface area contributed by atoms with Crippen LogP contribution in [0.2, 0.25) is 0 Å². The van der Waals surface area contributed by atoms with Gasteiger partial charge in [-0.15, -0.1) is 0 Å².